The molecule has 0 bridgehead atoms. The number of nitrogens with zero attached hydrogens (tertiary/aromatic N) is 2. The Labute approximate surface area is 150 Å². The predicted molar refractivity (Wildman–Crippen MR) is 98.7 cm³/mol. The molecule has 26 heavy (non-hydrogen) atoms. The zero-order chi connectivity index (χ0) is 18.1. The number of para-hydroxylation sites is 1. The van der Waals surface area contributed by atoms with Crippen LogP contribution in [0.5, 0.6) is 0 Å². The Hall–Kier alpha value is -3.34. The molecule has 130 valence electrons. The summed E-state index contributed by atoms with van der Waals surface area (Å²) in [5.41, 5.74) is 2.97. The molecular formula is C21H18N2O3. The summed E-state index contributed by atoms with van der Waals surface area (Å²) in [5.74, 6) is 0.363. The van der Waals surface area contributed by atoms with Gasteiger partial charge in [-0.25, -0.2) is 9.78 Å². The first-order valence-corrected chi connectivity index (χ1v) is 8.37. The fraction of sp³-hybridized carbons (Fsp3) is 0.143. The maximum absolute atomic E-state index is 12.6. The largest absolute Gasteiger partial charge is 0.456 e. The maximum Gasteiger partial charge on any atom is 0.361 e. The number of benzene rings is 2. The number of ether oxygens (including phenoxy) is 1. The molecule has 0 aliphatic rings. The second-order valence-corrected chi connectivity index (χ2v) is 6.12. The van der Waals surface area contributed by atoms with E-state index < -0.39 is 5.97 Å². The normalized spacial score (nSPS) is 11.0. The number of aryl methyl sites for hydroxylation is 2. The Morgan fingerprint density at radius 3 is 2.62 bits per heavy atom. The number of carbonyl (C=O) groups excluding carboxylic acids is 1. The highest BCUT2D eigenvalue weighted by atomic mass is 16.5. The third-order valence-electron chi connectivity index (χ3n) is 4.32. The summed E-state index contributed by atoms with van der Waals surface area (Å²) in [6.07, 6.45) is 0. The molecule has 0 amide bonds. The second-order valence-electron chi connectivity index (χ2n) is 6.12. The predicted octanol–water partition coefficient (Wildman–Crippen LogP) is 4.50. The molecular weight excluding hydrogens is 328 g/mol. The number of hydrogen-bond acceptors (Lipinski definition) is 4. The summed E-state index contributed by atoms with van der Waals surface area (Å²) < 4.78 is 13.2. The van der Waals surface area contributed by atoms with Crippen LogP contribution in [0.25, 0.3) is 22.4 Å². The first kappa shape index (κ1) is 16.1. The molecule has 4 aromatic rings. The van der Waals surface area contributed by atoms with Crippen LogP contribution in [-0.2, 0) is 18.4 Å². The lowest BCUT2D eigenvalue weighted by Gasteiger charge is -2.05. The molecule has 0 saturated heterocycles. The lowest BCUT2D eigenvalue weighted by atomic mass is 10.2. The van der Waals surface area contributed by atoms with Gasteiger partial charge in [-0.3, -0.25) is 0 Å². The van der Waals surface area contributed by atoms with Crippen LogP contribution < -0.4 is 0 Å². The number of oxazole rings is 1. The number of carbonyl (C=O) groups is 1. The number of aromatic nitrogens is 2. The molecule has 0 unspecified atom stereocenters. The minimum absolute atomic E-state index is 0.195. The summed E-state index contributed by atoms with van der Waals surface area (Å²) in [5, 5.41) is 1.07. The van der Waals surface area contributed by atoms with Gasteiger partial charge in [0.15, 0.2) is 17.3 Å². The van der Waals surface area contributed by atoms with Gasteiger partial charge in [-0.05, 0) is 17.7 Å². The first-order valence-electron chi connectivity index (χ1n) is 8.37. The van der Waals surface area contributed by atoms with Crippen molar-refractivity contribution in [2.45, 2.75) is 13.5 Å². The first-order chi connectivity index (χ1) is 12.6. The molecule has 0 aliphatic heterocycles. The molecule has 2 aromatic carbocycles. The highest BCUT2D eigenvalue weighted by Crippen LogP contribution is 2.30. The number of fused-ring (bicyclic) bond motifs is 1. The van der Waals surface area contributed by atoms with E-state index in [4.69, 9.17) is 9.15 Å². The molecule has 0 N–H and O–H groups in total. The molecule has 5 nitrogen and oxygen atoms in total. The van der Waals surface area contributed by atoms with E-state index in [1.54, 1.807) is 6.92 Å². The van der Waals surface area contributed by atoms with Gasteiger partial charge in [0.2, 0.25) is 0 Å². The SMILES string of the molecule is Cc1nc(C(=O)OCc2ccccc2)c(-c2cc3ccccc3n2C)o1. The van der Waals surface area contributed by atoms with Gasteiger partial charge in [-0.15, -0.1) is 0 Å². The Balaban J connectivity index is 1.68. The fourth-order valence-corrected chi connectivity index (χ4v) is 3.04. The van der Waals surface area contributed by atoms with Crippen molar-refractivity contribution in [1.29, 1.82) is 0 Å². The molecule has 2 heterocycles. The standard InChI is InChI=1S/C21H18N2O3/c1-14-22-19(21(24)25-13-15-8-4-3-5-9-15)20(26-14)18-12-16-10-6-7-11-17(16)23(18)2/h3-12H,13H2,1-2H3. The van der Waals surface area contributed by atoms with Crippen molar-refractivity contribution in [3.8, 4) is 11.5 Å². The average molecular weight is 346 g/mol. The van der Waals surface area contributed by atoms with Crippen LogP contribution in [0.4, 0.5) is 0 Å². The fourth-order valence-electron chi connectivity index (χ4n) is 3.04. The van der Waals surface area contributed by atoms with Crippen LogP contribution in [0, 0.1) is 6.92 Å². The average Bonchev–Trinajstić information content (AvgIpc) is 3.21. The van der Waals surface area contributed by atoms with Gasteiger partial charge in [0.1, 0.15) is 6.61 Å². The lowest BCUT2D eigenvalue weighted by Crippen LogP contribution is -2.08. The van der Waals surface area contributed by atoms with Crippen molar-refractivity contribution >= 4 is 16.9 Å². The number of rotatable bonds is 4. The van der Waals surface area contributed by atoms with Crippen molar-refractivity contribution in [2.75, 3.05) is 0 Å². The van der Waals surface area contributed by atoms with E-state index in [0.29, 0.717) is 11.7 Å². The Bertz CT molecular complexity index is 1080. The van der Waals surface area contributed by atoms with E-state index in [1.165, 1.54) is 0 Å². The van der Waals surface area contributed by atoms with Crippen LogP contribution in [0.1, 0.15) is 21.9 Å². The molecule has 2 aromatic heterocycles. The smallest absolute Gasteiger partial charge is 0.361 e. The van der Waals surface area contributed by atoms with Gasteiger partial charge < -0.3 is 13.7 Å². The van der Waals surface area contributed by atoms with Crippen LogP contribution >= 0.6 is 0 Å². The quantitative estimate of drug-likeness (QED) is 0.511. The molecule has 0 saturated carbocycles. The van der Waals surface area contributed by atoms with E-state index in [0.717, 1.165) is 22.2 Å². The Morgan fingerprint density at radius 2 is 1.85 bits per heavy atom. The third kappa shape index (κ3) is 2.88. The molecule has 0 radical (unpaired) electrons. The number of hydrogen-bond donors (Lipinski definition) is 0. The molecule has 5 heteroatoms. The monoisotopic (exact) mass is 346 g/mol. The van der Waals surface area contributed by atoms with Crippen LogP contribution in [0.15, 0.2) is 65.1 Å². The van der Waals surface area contributed by atoms with E-state index in [2.05, 4.69) is 4.98 Å². The molecule has 0 spiro atoms. The number of esters is 1. The molecule has 0 aliphatic carbocycles. The van der Waals surface area contributed by atoms with E-state index in [1.807, 2.05) is 72.3 Å². The van der Waals surface area contributed by atoms with E-state index >= 15 is 0 Å². The summed E-state index contributed by atoms with van der Waals surface area (Å²) in [6.45, 7) is 1.92. The van der Waals surface area contributed by atoms with Crippen LogP contribution in [0.2, 0.25) is 0 Å². The third-order valence-corrected chi connectivity index (χ3v) is 4.32. The lowest BCUT2D eigenvalue weighted by molar-refractivity contribution is 0.0467. The zero-order valence-electron chi connectivity index (χ0n) is 14.6. The van der Waals surface area contributed by atoms with Crippen molar-refractivity contribution < 1.29 is 13.9 Å². The molecule has 0 fully saturated rings. The minimum atomic E-state index is -0.494. The van der Waals surface area contributed by atoms with Crippen LogP contribution in [-0.4, -0.2) is 15.5 Å². The Morgan fingerprint density at radius 1 is 1.12 bits per heavy atom. The topological polar surface area (TPSA) is 57.3 Å². The van der Waals surface area contributed by atoms with Crippen molar-refractivity contribution in [3.63, 3.8) is 0 Å². The highest BCUT2D eigenvalue weighted by Gasteiger charge is 2.24. The molecule has 0 atom stereocenters. The van der Waals surface area contributed by atoms with Gasteiger partial charge in [0.05, 0.1) is 5.69 Å². The van der Waals surface area contributed by atoms with Gasteiger partial charge in [-0.2, -0.15) is 0 Å². The minimum Gasteiger partial charge on any atom is -0.456 e. The van der Waals surface area contributed by atoms with Crippen molar-refractivity contribution in [1.82, 2.24) is 9.55 Å². The summed E-state index contributed by atoms with van der Waals surface area (Å²) in [4.78, 5) is 16.9. The van der Waals surface area contributed by atoms with Crippen molar-refractivity contribution in [3.05, 3.63) is 77.8 Å². The van der Waals surface area contributed by atoms with Gasteiger partial charge in [-0.1, -0.05) is 48.5 Å². The highest BCUT2D eigenvalue weighted by molar-refractivity contribution is 5.95. The summed E-state index contributed by atoms with van der Waals surface area (Å²) >= 11 is 0. The van der Waals surface area contributed by atoms with E-state index in [9.17, 15) is 4.79 Å². The van der Waals surface area contributed by atoms with Gasteiger partial charge in [0, 0.05) is 24.9 Å². The summed E-state index contributed by atoms with van der Waals surface area (Å²) in [7, 11) is 1.94. The van der Waals surface area contributed by atoms with Crippen molar-refractivity contribution in [2.24, 2.45) is 7.05 Å². The Kier molecular flexibility index (Phi) is 4.05. The molecule has 4 rings (SSSR count). The van der Waals surface area contributed by atoms with Crippen LogP contribution in [0.3, 0.4) is 0 Å². The maximum atomic E-state index is 12.6. The van der Waals surface area contributed by atoms with Gasteiger partial charge >= 0.3 is 5.97 Å². The summed E-state index contributed by atoms with van der Waals surface area (Å²) in [6, 6.07) is 19.5. The second kappa shape index (κ2) is 6.52. The zero-order valence-corrected chi connectivity index (χ0v) is 14.6. The van der Waals surface area contributed by atoms with E-state index in [-0.39, 0.29) is 12.3 Å². The van der Waals surface area contributed by atoms with Gasteiger partial charge in [0.25, 0.3) is 0 Å².